The molecule has 0 aliphatic carbocycles. The molecule has 0 saturated carbocycles. The second kappa shape index (κ2) is 6.49. The molecule has 0 aliphatic rings. The van der Waals surface area contributed by atoms with Crippen LogP contribution in [0.3, 0.4) is 0 Å². The molecule has 2 rings (SSSR count). The third-order valence-electron chi connectivity index (χ3n) is 2.87. The summed E-state index contributed by atoms with van der Waals surface area (Å²) >= 11 is 0. The van der Waals surface area contributed by atoms with Crippen LogP contribution in [0.5, 0.6) is 0 Å². The lowest BCUT2D eigenvalue weighted by atomic mass is 10.2. The highest BCUT2D eigenvalue weighted by Gasteiger charge is 2.30. The van der Waals surface area contributed by atoms with Crippen LogP contribution in [0.25, 0.3) is 0 Å². The first kappa shape index (κ1) is 17.8. The van der Waals surface area contributed by atoms with Gasteiger partial charge in [-0.1, -0.05) is 12.1 Å². The van der Waals surface area contributed by atoms with E-state index in [0.717, 1.165) is 24.3 Å². The van der Waals surface area contributed by atoms with Crippen molar-refractivity contribution < 1.29 is 26.4 Å². The number of nitrogens with one attached hydrogen (secondary N) is 2. The summed E-state index contributed by atoms with van der Waals surface area (Å²) in [6.07, 6.45) is -4.53. The number of nitrogens with two attached hydrogens (primary N) is 1. The quantitative estimate of drug-likeness (QED) is 0.785. The first-order valence-electron chi connectivity index (χ1n) is 6.44. The molecular formula is C14H12F3N3O3S. The average molecular weight is 359 g/mol. The van der Waals surface area contributed by atoms with Gasteiger partial charge in [0.15, 0.2) is 0 Å². The third kappa shape index (κ3) is 4.70. The lowest BCUT2D eigenvalue weighted by Gasteiger charge is -2.11. The molecule has 0 heterocycles. The van der Waals surface area contributed by atoms with Crippen molar-refractivity contribution in [2.45, 2.75) is 11.1 Å². The summed E-state index contributed by atoms with van der Waals surface area (Å²) in [7, 11) is -3.94. The van der Waals surface area contributed by atoms with Gasteiger partial charge in [-0.05, 0) is 36.4 Å². The van der Waals surface area contributed by atoms with Crippen molar-refractivity contribution in [1.29, 1.82) is 0 Å². The predicted molar refractivity (Wildman–Crippen MR) is 81.9 cm³/mol. The van der Waals surface area contributed by atoms with Gasteiger partial charge >= 0.3 is 12.2 Å². The van der Waals surface area contributed by atoms with Crippen LogP contribution in [-0.2, 0) is 16.2 Å². The standard InChI is InChI=1S/C14H12F3N3O3S/c15-14(16,17)9-3-1-4-10(7-9)19-13(21)20-11-5-2-6-12(8-11)24(18,22)23/h1-8H,(H2,18,22,23)(H2,19,20,21). The summed E-state index contributed by atoms with van der Waals surface area (Å²) in [6, 6.07) is 8.39. The Morgan fingerprint density at radius 1 is 0.958 bits per heavy atom. The van der Waals surface area contributed by atoms with E-state index < -0.39 is 27.8 Å². The average Bonchev–Trinajstić information content (AvgIpc) is 2.46. The molecule has 2 aromatic carbocycles. The Balaban J connectivity index is 2.12. The molecule has 6 nitrogen and oxygen atoms in total. The first-order chi connectivity index (χ1) is 11.1. The highest BCUT2D eigenvalue weighted by Crippen LogP contribution is 2.30. The molecule has 0 aliphatic heterocycles. The Morgan fingerprint density at radius 2 is 1.50 bits per heavy atom. The summed E-state index contributed by atoms with van der Waals surface area (Å²) in [5.74, 6) is 0. The molecule has 0 unspecified atom stereocenters. The number of hydrogen-bond donors (Lipinski definition) is 3. The van der Waals surface area contributed by atoms with Crippen LogP contribution in [0.15, 0.2) is 53.4 Å². The summed E-state index contributed by atoms with van der Waals surface area (Å²) in [6.45, 7) is 0. The number of carbonyl (C=O) groups is 1. The van der Waals surface area contributed by atoms with Gasteiger partial charge in [0, 0.05) is 11.4 Å². The zero-order chi connectivity index (χ0) is 18.0. The molecule has 10 heteroatoms. The van der Waals surface area contributed by atoms with Crippen molar-refractivity contribution in [3.05, 3.63) is 54.1 Å². The number of sulfonamides is 1. The van der Waals surface area contributed by atoms with Crippen LogP contribution in [0, 0.1) is 0 Å². The van der Waals surface area contributed by atoms with E-state index in [0.29, 0.717) is 0 Å². The molecule has 128 valence electrons. The number of anilines is 2. The topological polar surface area (TPSA) is 101 Å². The Morgan fingerprint density at radius 3 is 2.04 bits per heavy atom. The molecule has 0 atom stereocenters. The van der Waals surface area contributed by atoms with E-state index in [1.54, 1.807) is 0 Å². The van der Waals surface area contributed by atoms with E-state index in [1.165, 1.54) is 24.3 Å². The first-order valence-corrected chi connectivity index (χ1v) is 7.98. The van der Waals surface area contributed by atoms with Crippen molar-refractivity contribution in [3.63, 3.8) is 0 Å². The molecule has 0 spiro atoms. The van der Waals surface area contributed by atoms with Crippen LogP contribution >= 0.6 is 0 Å². The minimum Gasteiger partial charge on any atom is -0.308 e. The van der Waals surface area contributed by atoms with E-state index in [9.17, 15) is 26.4 Å². The molecule has 0 aromatic heterocycles. The van der Waals surface area contributed by atoms with Gasteiger partial charge in [0.25, 0.3) is 0 Å². The number of hydrogen-bond acceptors (Lipinski definition) is 3. The molecule has 0 radical (unpaired) electrons. The number of alkyl halides is 3. The Hall–Kier alpha value is -2.59. The normalized spacial score (nSPS) is 11.8. The molecule has 0 saturated heterocycles. The fourth-order valence-corrected chi connectivity index (χ4v) is 2.38. The fraction of sp³-hybridized carbons (Fsp3) is 0.0714. The van der Waals surface area contributed by atoms with Gasteiger partial charge in [0.2, 0.25) is 10.0 Å². The SMILES string of the molecule is NS(=O)(=O)c1cccc(NC(=O)Nc2cccc(C(F)(F)F)c2)c1. The predicted octanol–water partition coefficient (Wildman–Crippen LogP) is 3.00. The van der Waals surface area contributed by atoms with E-state index in [-0.39, 0.29) is 16.3 Å². The number of primary sulfonamides is 1. The van der Waals surface area contributed by atoms with Gasteiger partial charge in [-0.25, -0.2) is 18.4 Å². The largest absolute Gasteiger partial charge is 0.416 e. The van der Waals surface area contributed by atoms with Crippen molar-refractivity contribution in [2.24, 2.45) is 5.14 Å². The minimum atomic E-state index is -4.53. The zero-order valence-electron chi connectivity index (χ0n) is 12.0. The second-order valence-electron chi connectivity index (χ2n) is 4.73. The van der Waals surface area contributed by atoms with Gasteiger partial charge in [-0.2, -0.15) is 13.2 Å². The second-order valence-corrected chi connectivity index (χ2v) is 6.29. The molecule has 0 bridgehead atoms. The van der Waals surface area contributed by atoms with Gasteiger partial charge in [0.1, 0.15) is 0 Å². The number of rotatable bonds is 3. The number of urea groups is 1. The molecule has 2 amide bonds. The number of amides is 2. The van der Waals surface area contributed by atoms with E-state index >= 15 is 0 Å². The summed E-state index contributed by atoms with van der Waals surface area (Å²) in [5.41, 5.74) is -0.854. The highest BCUT2D eigenvalue weighted by atomic mass is 32.2. The molecular weight excluding hydrogens is 347 g/mol. The van der Waals surface area contributed by atoms with Gasteiger partial charge < -0.3 is 10.6 Å². The van der Waals surface area contributed by atoms with Crippen LogP contribution in [0.1, 0.15) is 5.56 Å². The van der Waals surface area contributed by atoms with Crippen LogP contribution in [-0.4, -0.2) is 14.4 Å². The maximum atomic E-state index is 12.6. The Labute approximate surface area is 135 Å². The van der Waals surface area contributed by atoms with Crippen LogP contribution in [0.4, 0.5) is 29.3 Å². The van der Waals surface area contributed by atoms with Gasteiger partial charge in [0.05, 0.1) is 10.5 Å². The maximum absolute atomic E-state index is 12.6. The minimum absolute atomic E-state index is 0.0649. The summed E-state index contributed by atoms with van der Waals surface area (Å²) < 4.78 is 60.3. The molecule has 24 heavy (non-hydrogen) atoms. The molecule has 4 N–H and O–H groups in total. The van der Waals surface area contributed by atoms with Gasteiger partial charge in [-0.15, -0.1) is 0 Å². The smallest absolute Gasteiger partial charge is 0.308 e. The Kier molecular flexibility index (Phi) is 4.81. The lowest BCUT2D eigenvalue weighted by molar-refractivity contribution is -0.137. The monoisotopic (exact) mass is 359 g/mol. The summed E-state index contributed by atoms with van der Waals surface area (Å²) in [5, 5.41) is 9.51. The van der Waals surface area contributed by atoms with Crippen molar-refractivity contribution in [3.8, 4) is 0 Å². The van der Waals surface area contributed by atoms with Crippen molar-refractivity contribution in [2.75, 3.05) is 10.6 Å². The fourth-order valence-electron chi connectivity index (χ4n) is 1.82. The van der Waals surface area contributed by atoms with E-state index in [2.05, 4.69) is 10.6 Å². The number of carbonyl (C=O) groups excluding carboxylic acids is 1. The van der Waals surface area contributed by atoms with Crippen LogP contribution in [0.2, 0.25) is 0 Å². The summed E-state index contributed by atoms with van der Waals surface area (Å²) in [4.78, 5) is 11.6. The van der Waals surface area contributed by atoms with Gasteiger partial charge in [-0.3, -0.25) is 0 Å². The highest BCUT2D eigenvalue weighted by molar-refractivity contribution is 7.89. The number of halogens is 3. The zero-order valence-corrected chi connectivity index (χ0v) is 12.8. The Bertz CT molecular complexity index is 867. The third-order valence-corrected chi connectivity index (χ3v) is 3.78. The maximum Gasteiger partial charge on any atom is 0.416 e. The molecule has 2 aromatic rings. The lowest BCUT2D eigenvalue weighted by Crippen LogP contribution is -2.20. The van der Waals surface area contributed by atoms with Crippen molar-refractivity contribution in [1.82, 2.24) is 0 Å². The van der Waals surface area contributed by atoms with E-state index in [1.807, 2.05) is 0 Å². The molecule has 0 fully saturated rings. The van der Waals surface area contributed by atoms with Crippen LogP contribution < -0.4 is 15.8 Å². The number of benzene rings is 2. The van der Waals surface area contributed by atoms with E-state index in [4.69, 9.17) is 5.14 Å². The van der Waals surface area contributed by atoms with Crippen molar-refractivity contribution >= 4 is 27.4 Å².